The Morgan fingerprint density at radius 1 is 0.949 bits per heavy atom. The van der Waals surface area contributed by atoms with E-state index in [-0.39, 0.29) is 24.2 Å². The van der Waals surface area contributed by atoms with Crippen molar-refractivity contribution in [2.24, 2.45) is 0 Å². The number of tetrazole rings is 1. The number of anilines is 1. The van der Waals surface area contributed by atoms with Crippen molar-refractivity contribution in [3.8, 4) is 11.5 Å². The number of nitrogens with one attached hydrogen (secondary N) is 1. The monoisotopic (exact) mass is 531 g/mol. The highest BCUT2D eigenvalue weighted by molar-refractivity contribution is 5.83. The molecule has 7 rings (SSSR count). The molecule has 1 aliphatic carbocycles. The average molecular weight is 532 g/mol. The predicted molar refractivity (Wildman–Crippen MR) is 143 cm³/mol. The lowest BCUT2D eigenvalue weighted by Crippen LogP contribution is -2.49. The smallest absolute Gasteiger partial charge is 0.253 e. The molecule has 0 radical (unpaired) electrons. The van der Waals surface area contributed by atoms with Gasteiger partial charge in [0.1, 0.15) is 11.9 Å². The first-order valence-electron chi connectivity index (χ1n) is 13.6. The van der Waals surface area contributed by atoms with Crippen LogP contribution in [0, 0.1) is 5.82 Å². The predicted octanol–water partition coefficient (Wildman–Crippen LogP) is 3.80. The molecule has 4 heterocycles. The normalized spacial score (nSPS) is 19.1. The van der Waals surface area contributed by atoms with Crippen LogP contribution in [0.3, 0.4) is 0 Å². The van der Waals surface area contributed by atoms with Gasteiger partial charge < -0.3 is 19.4 Å². The van der Waals surface area contributed by atoms with Gasteiger partial charge in [-0.15, -0.1) is 5.10 Å². The lowest BCUT2D eigenvalue weighted by molar-refractivity contribution is 0.174. The van der Waals surface area contributed by atoms with Crippen LogP contribution in [0.5, 0.6) is 11.5 Å². The number of halogens is 1. The summed E-state index contributed by atoms with van der Waals surface area (Å²) in [6.07, 6.45) is 5.58. The van der Waals surface area contributed by atoms with E-state index < -0.39 is 6.04 Å². The largest absolute Gasteiger partial charge is 0.454 e. The molecule has 0 amide bonds. The number of hydrogen-bond donors (Lipinski definition) is 1. The van der Waals surface area contributed by atoms with Crippen LogP contribution in [0.1, 0.15) is 55.6 Å². The van der Waals surface area contributed by atoms with E-state index >= 15 is 0 Å². The maximum absolute atomic E-state index is 13.6. The van der Waals surface area contributed by atoms with E-state index in [1.807, 2.05) is 35.0 Å². The molecular formula is C28H30FN7O3. The van der Waals surface area contributed by atoms with E-state index in [4.69, 9.17) is 9.47 Å². The first kappa shape index (κ1) is 24.1. The second kappa shape index (κ2) is 9.96. The van der Waals surface area contributed by atoms with Crippen LogP contribution in [0.15, 0.2) is 47.3 Å². The molecule has 1 N–H and O–H groups in total. The molecule has 1 saturated heterocycles. The van der Waals surface area contributed by atoms with Gasteiger partial charge in [-0.2, -0.15) is 0 Å². The summed E-state index contributed by atoms with van der Waals surface area (Å²) in [4.78, 5) is 21.2. The van der Waals surface area contributed by atoms with Gasteiger partial charge in [-0.3, -0.25) is 9.69 Å². The average Bonchev–Trinajstić information content (AvgIpc) is 3.63. The molecule has 202 valence electrons. The Labute approximate surface area is 224 Å². The Morgan fingerprint density at radius 2 is 1.69 bits per heavy atom. The molecule has 2 aliphatic heterocycles. The van der Waals surface area contributed by atoms with E-state index in [9.17, 15) is 9.18 Å². The van der Waals surface area contributed by atoms with E-state index in [2.05, 4.69) is 30.3 Å². The summed E-state index contributed by atoms with van der Waals surface area (Å²) in [5.41, 5.74) is 2.10. The van der Waals surface area contributed by atoms with Crippen molar-refractivity contribution in [1.82, 2.24) is 30.1 Å². The Hall–Kier alpha value is -3.99. The third kappa shape index (κ3) is 4.50. The number of nitrogens with zero attached hydrogens (tertiary/aromatic N) is 6. The number of rotatable bonds is 5. The molecule has 2 fully saturated rings. The molecule has 11 heteroatoms. The lowest BCUT2D eigenvalue weighted by atomic mass is 9.95. The number of aromatic nitrogens is 5. The number of ether oxygens (including phenoxy) is 2. The molecule has 0 bridgehead atoms. The van der Waals surface area contributed by atoms with Crippen molar-refractivity contribution >= 4 is 16.6 Å². The topological polar surface area (TPSA) is 101 Å². The maximum atomic E-state index is 13.6. The van der Waals surface area contributed by atoms with Crippen molar-refractivity contribution in [3.63, 3.8) is 0 Å². The highest BCUT2D eigenvalue weighted by atomic mass is 19.1. The fraction of sp³-hybridized carbons (Fsp3) is 0.429. The molecule has 4 aromatic rings. The molecule has 1 unspecified atom stereocenters. The van der Waals surface area contributed by atoms with E-state index in [1.165, 1.54) is 18.6 Å². The molecule has 2 aromatic heterocycles. The van der Waals surface area contributed by atoms with Gasteiger partial charge in [0.05, 0.1) is 11.6 Å². The van der Waals surface area contributed by atoms with E-state index in [1.54, 1.807) is 0 Å². The Morgan fingerprint density at radius 3 is 2.46 bits per heavy atom. The zero-order valence-electron chi connectivity index (χ0n) is 21.6. The van der Waals surface area contributed by atoms with Crippen LogP contribution < -0.4 is 19.9 Å². The quantitative estimate of drug-likeness (QED) is 0.415. The minimum absolute atomic E-state index is 0.167. The number of hydrogen-bond acceptors (Lipinski definition) is 8. The minimum atomic E-state index is -0.420. The van der Waals surface area contributed by atoms with Gasteiger partial charge in [0.15, 0.2) is 17.3 Å². The Kier molecular flexibility index (Phi) is 6.15. The van der Waals surface area contributed by atoms with Gasteiger partial charge in [-0.05, 0) is 59.7 Å². The molecule has 3 aliphatic rings. The van der Waals surface area contributed by atoms with Crippen LogP contribution >= 0.6 is 0 Å². The van der Waals surface area contributed by atoms with Crippen molar-refractivity contribution in [2.45, 2.75) is 44.2 Å². The maximum Gasteiger partial charge on any atom is 0.253 e. The molecule has 10 nitrogen and oxygen atoms in total. The highest BCUT2D eigenvalue weighted by Crippen LogP contribution is 2.37. The van der Waals surface area contributed by atoms with Gasteiger partial charge in [0, 0.05) is 48.9 Å². The molecular weight excluding hydrogens is 501 g/mol. The van der Waals surface area contributed by atoms with Crippen molar-refractivity contribution in [1.29, 1.82) is 0 Å². The van der Waals surface area contributed by atoms with Crippen LogP contribution in [0.4, 0.5) is 10.1 Å². The van der Waals surface area contributed by atoms with Gasteiger partial charge in [-0.1, -0.05) is 19.3 Å². The Balaban J connectivity index is 1.27. The summed E-state index contributed by atoms with van der Waals surface area (Å²) < 4.78 is 26.5. The second-order valence-corrected chi connectivity index (χ2v) is 10.5. The lowest BCUT2D eigenvalue weighted by Gasteiger charge is -2.40. The van der Waals surface area contributed by atoms with E-state index in [0.717, 1.165) is 49.8 Å². The standard InChI is InChI=1S/C28H30FN7O3/c29-19-6-8-20(9-7-19)34-10-12-35(13-11-34)26(27-31-32-33-36(27)21-4-2-1-3-5-21)22-14-18-15-24-25(39-17-38-24)16-23(18)30-28(22)37/h6-9,14-16,21,26H,1-5,10-13,17H2,(H,30,37). The number of H-pyrrole nitrogens is 1. The first-order chi connectivity index (χ1) is 19.1. The third-order valence-electron chi connectivity index (χ3n) is 8.22. The first-order valence-corrected chi connectivity index (χ1v) is 13.6. The van der Waals surface area contributed by atoms with Crippen LogP contribution in [0.2, 0.25) is 0 Å². The minimum Gasteiger partial charge on any atom is -0.454 e. The second-order valence-electron chi connectivity index (χ2n) is 10.5. The molecule has 1 atom stereocenters. The summed E-state index contributed by atoms with van der Waals surface area (Å²) in [5, 5.41) is 13.9. The summed E-state index contributed by atoms with van der Waals surface area (Å²) in [7, 11) is 0. The van der Waals surface area contributed by atoms with Crippen LogP contribution in [0.25, 0.3) is 10.9 Å². The number of aromatic amines is 1. The summed E-state index contributed by atoms with van der Waals surface area (Å²) in [6.45, 7) is 3.02. The number of fused-ring (bicyclic) bond motifs is 2. The zero-order valence-corrected chi connectivity index (χ0v) is 21.6. The zero-order chi connectivity index (χ0) is 26.3. The molecule has 1 saturated carbocycles. The number of benzene rings is 2. The van der Waals surface area contributed by atoms with Gasteiger partial charge >= 0.3 is 0 Å². The van der Waals surface area contributed by atoms with Crippen LogP contribution in [-0.2, 0) is 0 Å². The van der Waals surface area contributed by atoms with Crippen molar-refractivity contribution < 1.29 is 13.9 Å². The Bertz CT molecular complexity index is 1540. The molecule has 39 heavy (non-hydrogen) atoms. The number of piperazine rings is 1. The number of pyridine rings is 1. The summed E-state index contributed by atoms with van der Waals surface area (Å²) >= 11 is 0. The summed E-state index contributed by atoms with van der Waals surface area (Å²) in [6, 6.07) is 12.1. The van der Waals surface area contributed by atoms with Gasteiger partial charge in [0.2, 0.25) is 6.79 Å². The highest BCUT2D eigenvalue weighted by Gasteiger charge is 2.34. The van der Waals surface area contributed by atoms with E-state index in [0.29, 0.717) is 41.5 Å². The fourth-order valence-electron chi connectivity index (χ4n) is 6.17. The van der Waals surface area contributed by atoms with Crippen LogP contribution in [-0.4, -0.2) is 63.1 Å². The third-order valence-corrected chi connectivity index (χ3v) is 8.22. The van der Waals surface area contributed by atoms with Crippen molar-refractivity contribution in [2.75, 3.05) is 37.9 Å². The fourth-order valence-corrected chi connectivity index (χ4v) is 6.17. The molecule has 2 aromatic carbocycles. The molecule has 0 spiro atoms. The SMILES string of the molecule is O=c1[nH]c2cc3c(cc2cc1C(c1nnnn1C1CCCCC1)N1CCN(c2ccc(F)cc2)CC1)OCO3. The van der Waals surface area contributed by atoms with Gasteiger partial charge in [0.25, 0.3) is 5.56 Å². The van der Waals surface area contributed by atoms with Crippen molar-refractivity contribution in [3.05, 3.63) is 70.0 Å². The van der Waals surface area contributed by atoms with Gasteiger partial charge in [-0.25, -0.2) is 9.07 Å². The summed E-state index contributed by atoms with van der Waals surface area (Å²) in [5.74, 6) is 1.74.